The van der Waals surface area contributed by atoms with Crippen molar-refractivity contribution in [3.8, 4) is 11.3 Å². The number of halogens is 4. The van der Waals surface area contributed by atoms with Crippen LogP contribution in [0.5, 0.6) is 0 Å². The smallest absolute Gasteiger partial charge is 0.316 e. The summed E-state index contributed by atoms with van der Waals surface area (Å²) in [5.74, 6) is -0.459. The molecule has 1 atom stereocenters. The lowest BCUT2D eigenvalue weighted by atomic mass is 9.99. The lowest BCUT2D eigenvalue weighted by molar-refractivity contribution is 0.114. The summed E-state index contributed by atoms with van der Waals surface area (Å²) in [5, 5.41) is 2.30. The highest BCUT2D eigenvalue weighted by atomic mass is 35.5. The number of hydrogen-bond donors (Lipinski definition) is 1. The lowest BCUT2D eigenvalue weighted by Crippen LogP contribution is -2.34. The van der Waals surface area contributed by atoms with Crippen LogP contribution < -0.4 is 5.32 Å². The fraction of sp³-hybridized carbons (Fsp3) is 0.250. The van der Waals surface area contributed by atoms with Gasteiger partial charge in [-0.3, -0.25) is 10.3 Å². The first kappa shape index (κ1) is 16.6. The molecule has 0 fully saturated rings. The van der Waals surface area contributed by atoms with Gasteiger partial charge in [0.15, 0.2) is 0 Å². The molecular formula is C16H13ClF3N3O. The molecule has 24 heavy (non-hydrogen) atoms. The minimum Gasteiger partial charge on any atom is -0.465 e. The van der Waals surface area contributed by atoms with Crippen molar-refractivity contribution in [3.63, 3.8) is 0 Å². The quantitative estimate of drug-likeness (QED) is 0.840. The number of amidine groups is 1. The van der Waals surface area contributed by atoms with E-state index in [1.54, 1.807) is 29.6 Å². The zero-order chi connectivity index (χ0) is 17.1. The molecule has 3 rings (SSSR count). The van der Waals surface area contributed by atoms with E-state index in [0.717, 1.165) is 0 Å². The van der Waals surface area contributed by atoms with Gasteiger partial charge in [-0.05, 0) is 30.3 Å². The number of nitrogens with one attached hydrogen (secondary N) is 1. The predicted molar refractivity (Wildman–Crippen MR) is 84.5 cm³/mol. The van der Waals surface area contributed by atoms with Crippen molar-refractivity contribution in [3.05, 3.63) is 52.9 Å². The van der Waals surface area contributed by atoms with Crippen LogP contribution in [0.1, 0.15) is 18.0 Å². The van der Waals surface area contributed by atoms with Crippen molar-refractivity contribution >= 4 is 17.6 Å². The Hall–Kier alpha value is -2.28. The second kappa shape index (κ2) is 7.09. The molecule has 1 aromatic heterocycles. The first-order valence-corrected chi connectivity index (χ1v) is 7.57. The maximum atomic E-state index is 14.2. The zero-order valence-electron chi connectivity index (χ0n) is 12.3. The van der Waals surface area contributed by atoms with Crippen LogP contribution in [-0.4, -0.2) is 24.2 Å². The number of pyridine rings is 1. The largest absolute Gasteiger partial charge is 0.465 e. The van der Waals surface area contributed by atoms with E-state index in [9.17, 15) is 13.2 Å². The number of benzene rings is 1. The van der Waals surface area contributed by atoms with Crippen molar-refractivity contribution in [2.75, 3.05) is 6.61 Å². The fourth-order valence-electron chi connectivity index (χ4n) is 2.41. The van der Waals surface area contributed by atoms with Gasteiger partial charge in [0, 0.05) is 23.7 Å². The summed E-state index contributed by atoms with van der Waals surface area (Å²) in [4.78, 5) is 8.22. The number of hydrogen-bond acceptors (Lipinski definition) is 4. The molecule has 1 unspecified atom stereocenters. The van der Waals surface area contributed by atoms with Crippen LogP contribution in [0.2, 0.25) is 5.02 Å². The summed E-state index contributed by atoms with van der Waals surface area (Å²) >= 11 is 5.81. The Morgan fingerprint density at radius 2 is 2.08 bits per heavy atom. The highest BCUT2D eigenvalue weighted by Crippen LogP contribution is 2.30. The predicted octanol–water partition coefficient (Wildman–Crippen LogP) is 4.17. The standard InChI is InChI=1S/C16H13ClF3N3O/c17-10-2-4-13(21-8-10)9-1-3-12(18)11(7-9)14-5-6-24-16(22-14)23-15(19)20/h1-4,7-8,14-15H,5-6H2,(H,22,23). The molecule has 0 saturated heterocycles. The molecule has 8 heteroatoms. The minimum atomic E-state index is -2.79. The molecule has 1 aromatic carbocycles. The molecule has 2 aromatic rings. The van der Waals surface area contributed by atoms with Crippen molar-refractivity contribution in [1.82, 2.24) is 10.3 Å². The third-order valence-electron chi connectivity index (χ3n) is 3.51. The van der Waals surface area contributed by atoms with Crippen LogP contribution >= 0.6 is 11.6 Å². The number of nitrogens with zero attached hydrogens (tertiary/aromatic N) is 2. The second-order valence-electron chi connectivity index (χ2n) is 5.13. The molecule has 0 radical (unpaired) electrons. The zero-order valence-corrected chi connectivity index (χ0v) is 13.1. The van der Waals surface area contributed by atoms with E-state index >= 15 is 0 Å². The Kier molecular flexibility index (Phi) is 4.89. The molecule has 0 bridgehead atoms. The van der Waals surface area contributed by atoms with Gasteiger partial charge in [-0.15, -0.1) is 0 Å². The minimum absolute atomic E-state index is 0.173. The Labute approximate surface area is 141 Å². The van der Waals surface area contributed by atoms with Gasteiger partial charge in [-0.1, -0.05) is 11.6 Å². The molecule has 1 aliphatic rings. The summed E-state index contributed by atoms with van der Waals surface area (Å²) in [6.07, 6.45) is 1.89. The summed E-state index contributed by atoms with van der Waals surface area (Å²) in [7, 11) is 0. The molecule has 0 aliphatic carbocycles. The SMILES string of the molecule is Fc1ccc(-c2ccc(Cl)cn2)cc1C1CCOC(NC(F)F)=N1. The molecule has 0 spiro atoms. The Morgan fingerprint density at radius 3 is 2.79 bits per heavy atom. The molecule has 1 aliphatic heterocycles. The van der Waals surface area contributed by atoms with E-state index in [1.165, 1.54) is 12.3 Å². The third kappa shape index (κ3) is 3.79. The molecule has 0 saturated carbocycles. The van der Waals surface area contributed by atoms with E-state index < -0.39 is 18.4 Å². The van der Waals surface area contributed by atoms with Gasteiger partial charge in [0.05, 0.1) is 23.4 Å². The summed E-state index contributed by atoms with van der Waals surface area (Å²) < 4.78 is 44.0. The van der Waals surface area contributed by atoms with Gasteiger partial charge in [0.25, 0.3) is 6.02 Å². The van der Waals surface area contributed by atoms with Crippen molar-refractivity contribution in [1.29, 1.82) is 0 Å². The molecular weight excluding hydrogens is 343 g/mol. The van der Waals surface area contributed by atoms with E-state index in [0.29, 0.717) is 28.3 Å². The summed E-state index contributed by atoms with van der Waals surface area (Å²) in [5.41, 5.74) is 1.62. The Balaban J connectivity index is 1.92. The Morgan fingerprint density at radius 1 is 1.25 bits per heavy atom. The molecule has 1 N–H and O–H groups in total. The molecule has 2 heterocycles. The van der Waals surface area contributed by atoms with E-state index in [-0.39, 0.29) is 12.6 Å². The highest BCUT2D eigenvalue weighted by Gasteiger charge is 2.23. The van der Waals surface area contributed by atoms with Crippen LogP contribution in [0.4, 0.5) is 13.2 Å². The van der Waals surface area contributed by atoms with Gasteiger partial charge in [-0.2, -0.15) is 8.78 Å². The lowest BCUT2D eigenvalue weighted by Gasteiger charge is -2.22. The normalized spacial score (nSPS) is 17.4. The van der Waals surface area contributed by atoms with Gasteiger partial charge >= 0.3 is 6.55 Å². The van der Waals surface area contributed by atoms with Crippen LogP contribution in [0, 0.1) is 5.82 Å². The first-order chi connectivity index (χ1) is 11.5. The van der Waals surface area contributed by atoms with E-state index in [4.69, 9.17) is 16.3 Å². The second-order valence-corrected chi connectivity index (χ2v) is 5.57. The van der Waals surface area contributed by atoms with E-state index in [2.05, 4.69) is 9.98 Å². The average molecular weight is 356 g/mol. The molecule has 4 nitrogen and oxygen atoms in total. The van der Waals surface area contributed by atoms with Gasteiger partial charge in [-0.25, -0.2) is 9.38 Å². The van der Waals surface area contributed by atoms with Gasteiger partial charge in [0.2, 0.25) is 0 Å². The fourth-order valence-corrected chi connectivity index (χ4v) is 2.52. The van der Waals surface area contributed by atoms with Crippen LogP contribution in [0.15, 0.2) is 41.5 Å². The number of aliphatic imine (C=N–C) groups is 1. The third-order valence-corrected chi connectivity index (χ3v) is 3.74. The Bertz CT molecular complexity index is 753. The van der Waals surface area contributed by atoms with Crippen LogP contribution in [-0.2, 0) is 4.74 Å². The summed E-state index contributed by atoms with van der Waals surface area (Å²) in [6.45, 7) is -2.62. The van der Waals surface area contributed by atoms with Crippen LogP contribution in [0.25, 0.3) is 11.3 Å². The number of ether oxygens (including phenoxy) is 1. The first-order valence-electron chi connectivity index (χ1n) is 7.19. The van der Waals surface area contributed by atoms with Crippen molar-refractivity contribution in [2.45, 2.75) is 19.0 Å². The maximum Gasteiger partial charge on any atom is 0.316 e. The number of aromatic nitrogens is 1. The van der Waals surface area contributed by atoms with Crippen molar-refractivity contribution in [2.24, 2.45) is 4.99 Å². The summed E-state index contributed by atoms with van der Waals surface area (Å²) in [6, 6.07) is 7.04. The number of alkyl halides is 2. The van der Waals surface area contributed by atoms with E-state index in [1.807, 2.05) is 0 Å². The monoisotopic (exact) mass is 355 g/mol. The van der Waals surface area contributed by atoms with Crippen molar-refractivity contribution < 1.29 is 17.9 Å². The topological polar surface area (TPSA) is 46.5 Å². The maximum absolute atomic E-state index is 14.2. The number of rotatable bonds is 3. The highest BCUT2D eigenvalue weighted by molar-refractivity contribution is 6.30. The molecule has 126 valence electrons. The molecule has 0 amide bonds. The average Bonchev–Trinajstić information content (AvgIpc) is 2.56. The van der Waals surface area contributed by atoms with Gasteiger partial charge < -0.3 is 4.74 Å². The van der Waals surface area contributed by atoms with Gasteiger partial charge in [0.1, 0.15) is 5.82 Å². The van der Waals surface area contributed by atoms with Crippen LogP contribution in [0.3, 0.4) is 0 Å².